The van der Waals surface area contributed by atoms with E-state index in [1.54, 1.807) is 0 Å². The smallest absolute Gasteiger partial charge is 0.418 e. The number of halogens is 4. The van der Waals surface area contributed by atoms with Gasteiger partial charge in [0.1, 0.15) is 6.04 Å². The van der Waals surface area contributed by atoms with Crippen molar-refractivity contribution in [2.75, 3.05) is 6.61 Å². The van der Waals surface area contributed by atoms with Crippen LogP contribution < -0.4 is 5.32 Å². The van der Waals surface area contributed by atoms with Gasteiger partial charge in [0.05, 0.1) is 22.3 Å². The van der Waals surface area contributed by atoms with E-state index in [4.69, 9.17) is 21.3 Å². The molecule has 0 unspecified atom stereocenters. The first kappa shape index (κ1) is 27.3. The van der Waals surface area contributed by atoms with Crippen molar-refractivity contribution in [3.8, 4) is 0 Å². The van der Waals surface area contributed by atoms with E-state index >= 15 is 0 Å². The minimum Gasteiger partial charge on any atom is -0.480 e. The molecular weight excluding hydrogens is 511 g/mol. The largest absolute Gasteiger partial charge is 0.480 e. The molecule has 0 bridgehead atoms. The van der Waals surface area contributed by atoms with E-state index in [-0.39, 0.29) is 19.1 Å². The van der Waals surface area contributed by atoms with E-state index in [1.807, 2.05) is 0 Å². The average molecular weight is 540 g/mol. The van der Waals surface area contributed by atoms with E-state index in [2.05, 4.69) is 22.4 Å². The number of pyridine rings is 2. The Kier molecular flexibility index (Phi) is 8.69. The van der Waals surface area contributed by atoms with Crippen LogP contribution in [0.25, 0.3) is 0 Å². The molecule has 2 heterocycles. The van der Waals surface area contributed by atoms with Gasteiger partial charge in [-0.05, 0) is 68.9 Å². The Bertz CT molecular complexity index is 1140. The number of aliphatic carboxylic acids is 1. The summed E-state index contributed by atoms with van der Waals surface area (Å²) in [7, 11) is 0. The van der Waals surface area contributed by atoms with Crippen molar-refractivity contribution in [3.63, 3.8) is 0 Å². The molecular formula is C26H29ClF3N3O4. The summed E-state index contributed by atoms with van der Waals surface area (Å²) in [5, 5.41) is 11.1. The molecule has 2 N–H and O–H groups in total. The van der Waals surface area contributed by atoms with Crippen molar-refractivity contribution in [1.29, 1.82) is 0 Å². The van der Waals surface area contributed by atoms with Crippen molar-refractivity contribution in [2.24, 2.45) is 5.92 Å². The predicted molar refractivity (Wildman–Crippen MR) is 129 cm³/mol. The highest BCUT2D eigenvalue weighted by Crippen LogP contribution is 2.35. The fourth-order valence-corrected chi connectivity index (χ4v) is 5.13. The third kappa shape index (κ3) is 6.98. The highest BCUT2D eigenvalue weighted by atomic mass is 35.5. The van der Waals surface area contributed by atoms with Crippen molar-refractivity contribution >= 4 is 23.5 Å². The molecule has 2 aliphatic carbocycles. The number of amides is 1. The van der Waals surface area contributed by atoms with Crippen LogP contribution in [0.3, 0.4) is 0 Å². The summed E-state index contributed by atoms with van der Waals surface area (Å²) in [6, 6.07) is 2.89. The van der Waals surface area contributed by atoms with Gasteiger partial charge in [-0.25, -0.2) is 4.79 Å². The minimum absolute atomic E-state index is 0.00175. The van der Waals surface area contributed by atoms with E-state index in [0.717, 1.165) is 50.4 Å². The number of hydrogen-bond acceptors (Lipinski definition) is 5. The van der Waals surface area contributed by atoms with Crippen LogP contribution in [0.4, 0.5) is 13.2 Å². The first-order chi connectivity index (χ1) is 17.6. The lowest BCUT2D eigenvalue weighted by atomic mass is 9.79. The van der Waals surface area contributed by atoms with Crippen LogP contribution in [-0.2, 0) is 35.0 Å². The maximum atomic E-state index is 13.3. The standard InChI is InChI=1S/C26H29ClF3N3O4/c27-20-14-31-13-19(26(28,29)30)23(20)24(34)33-22(25(35)36)9-10-37-18-11-15(12-18)5-7-17-8-6-16-3-1-2-4-21(16)32-17/h6,8,13-15,18,22H,1-5,7,9-12H2,(H,33,34)(H,35,36)/t15?,18?,22-/m0/s1. The molecule has 0 saturated heterocycles. The third-order valence-corrected chi connectivity index (χ3v) is 7.32. The normalized spacial score (nSPS) is 20.0. The molecule has 0 radical (unpaired) electrons. The van der Waals surface area contributed by atoms with Crippen molar-refractivity contribution in [1.82, 2.24) is 15.3 Å². The molecule has 2 aromatic rings. The number of ether oxygens (including phenoxy) is 1. The summed E-state index contributed by atoms with van der Waals surface area (Å²) in [4.78, 5) is 32.3. The van der Waals surface area contributed by atoms with Gasteiger partial charge >= 0.3 is 12.1 Å². The summed E-state index contributed by atoms with van der Waals surface area (Å²) in [6.07, 6.45) is 4.65. The zero-order chi connectivity index (χ0) is 26.6. The second kappa shape index (κ2) is 11.8. The van der Waals surface area contributed by atoms with Crippen LogP contribution in [0.1, 0.15) is 71.4 Å². The maximum Gasteiger partial charge on any atom is 0.418 e. The van der Waals surface area contributed by atoms with Gasteiger partial charge in [0.15, 0.2) is 0 Å². The van der Waals surface area contributed by atoms with Crippen LogP contribution in [0.2, 0.25) is 5.02 Å². The number of carboxylic acid groups (broad SMARTS) is 1. The Morgan fingerprint density at radius 2 is 1.95 bits per heavy atom. The number of alkyl halides is 3. The van der Waals surface area contributed by atoms with Crippen molar-refractivity contribution in [3.05, 3.63) is 57.6 Å². The average Bonchev–Trinajstić information content (AvgIpc) is 2.83. The van der Waals surface area contributed by atoms with Crippen molar-refractivity contribution < 1.29 is 32.6 Å². The van der Waals surface area contributed by atoms with Crippen LogP contribution in [0.15, 0.2) is 24.5 Å². The van der Waals surface area contributed by atoms with Gasteiger partial charge in [-0.2, -0.15) is 13.2 Å². The number of fused-ring (bicyclic) bond motifs is 1. The van der Waals surface area contributed by atoms with Gasteiger partial charge in [0.2, 0.25) is 0 Å². The highest BCUT2D eigenvalue weighted by Gasteiger charge is 2.38. The molecule has 1 atom stereocenters. The minimum atomic E-state index is -4.87. The number of hydrogen-bond donors (Lipinski definition) is 2. The molecule has 11 heteroatoms. The molecule has 7 nitrogen and oxygen atoms in total. The third-order valence-electron chi connectivity index (χ3n) is 7.03. The number of carbonyl (C=O) groups excluding carboxylic acids is 1. The van der Waals surface area contributed by atoms with Crippen LogP contribution in [0.5, 0.6) is 0 Å². The molecule has 2 aromatic heterocycles. The number of carbonyl (C=O) groups is 2. The van der Waals surface area contributed by atoms with Crippen LogP contribution >= 0.6 is 11.6 Å². The fourth-order valence-electron chi connectivity index (χ4n) is 4.89. The number of nitrogens with zero attached hydrogens (tertiary/aromatic N) is 2. The van der Waals surface area contributed by atoms with Crippen LogP contribution in [0, 0.1) is 5.92 Å². The summed E-state index contributed by atoms with van der Waals surface area (Å²) in [6.45, 7) is 0.0528. The molecule has 1 saturated carbocycles. The fraction of sp³-hybridized carbons (Fsp3) is 0.538. The summed E-state index contributed by atoms with van der Waals surface area (Å²) < 4.78 is 45.5. The molecule has 4 rings (SSSR count). The zero-order valence-electron chi connectivity index (χ0n) is 20.2. The molecule has 1 amide bonds. The quantitative estimate of drug-likeness (QED) is 0.439. The molecule has 37 heavy (non-hydrogen) atoms. The SMILES string of the molecule is O=C(N[C@@H](CCOC1CC(CCc2ccc3c(n2)CCCC3)C1)C(=O)O)c1c(Cl)cncc1C(F)(F)F. The van der Waals surface area contributed by atoms with Crippen LogP contribution in [-0.4, -0.2) is 45.7 Å². The van der Waals surface area contributed by atoms with Gasteiger partial charge in [0, 0.05) is 36.8 Å². The topological polar surface area (TPSA) is 101 Å². The van der Waals surface area contributed by atoms with Gasteiger partial charge < -0.3 is 15.2 Å². The first-order valence-corrected chi connectivity index (χ1v) is 12.8. The number of aromatic nitrogens is 2. The van der Waals surface area contributed by atoms with E-state index in [0.29, 0.717) is 12.1 Å². The number of nitrogens with one attached hydrogen (secondary N) is 1. The highest BCUT2D eigenvalue weighted by molar-refractivity contribution is 6.34. The Hall–Kier alpha value is -2.72. The second-order valence-corrected chi connectivity index (χ2v) is 10.1. The first-order valence-electron chi connectivity index (χ1n) is 12.5. The van der Waals surface area contributed by atoms with E-state index in [1.165, 1.54) is 24.1 Å². The summed E-state index contributed by atoms with van der Waals surface area (Å²) in [5.74, 6) is -2.10. The number of aryl methyl sites for hydroxylation is 3. The van der Waals surface area contributed by atoms with Gasteiger partial charge in [0.25, 0.3) is 5.91 Å². The Morgan fingerprint density at radius 1 is 1.19 bits per heavy atom. The summed E-state index contributed by atoms with van der Waals surface area (Å²) >= 11 is 5.78. The Labute approximate surface area is 217 Å². The zero-order valence-corrected chi connectivity index (χ0v) is 20.9. The van der Waals surface area contributed by atoms with Crippen molar-refractivity contribution in [2.45, 2.75) is 76.1 Å². The molecule has 2 aliphatic rings. The lowest BCUT2D eigenvalue weighted by molar-refractivity contribution is -0.140. The van der Waals surface area contributed by atoms with E-state index in [9.17, 15) is 27.9 Å². The second-order valence-electron chi connectivity index (χ2n) is 9.68. The monoisotopic (exact) mass is 539 g/mol. The van der Waals surface area contributed by atoms with Gasteiger partial charge in [-0.3, -0.25) is 14.8 Å². The van der Waals surface area contributed by atoms with Gasteiger partial charge in [-0.15, -0.1) is 0 Å². The van der Waals surface area contributed by atoms with E-state index < -0.39 is 40.2 Å². The lowest BCUT2D eigenvalue weighted by Gasteiger charge is -2.35. The molecule has 1 fully saturated rings. The maximum absolute atomic E-state index is 13.3. The number of carboxylic acids is 1. The molecule has 0 spiro atoms. The predicted octanol–water partition coefficient (Wildman–Crippen LogP) is 5.03. The molecule has 0 aliphatic heterocycles. The summed E-state index contributed by atoms with van der Waals surface area (Å²) in [5.41, 5.74) is 1.54. The Morgan fingerprint density at radius 3 is 2.68 bits per heavy atom. The Balaban J connectivity index is 1.21. The van der Waals surface area contributed by atoms with Gasteiger partial charge in [-0.1, -0.05) is 17.7 Å². The number of rotatable bonds is 10. The molecule has 0 aromatic carbocycles. The lowest BCUT2D eigenvalue weighted by Crippen LogP contribution is -2.43. The molecule has 200 valence electrons.